The van der Waals surface area contributed by atoms with E-state index in [2.05, 4.69) is 31.0 Å². The summed E-state index contributed by atoms with van der Waals surface area (Å²) < 4.78 is 5.12. The molecule has 7 N–H and O–H groups in total. The number of azo groups is 2. The Bertz CT molecular complexity index is 2030. The van der Waals surface area contributed by atoms with Gasteiger partial charge in [-0.2, -0.15) is 15.3 Å². The number of aryl methyl sites for hydroxylation is 1. The first kappa shape index (κ1) is 32.4. The number of hydrazone groups is 1. The van der Waals surface area contributed by atoms with Crippen LogP contribution in [0.5, 0.6) is 5.75 Å². The van der Waals surface area contributed by atoms with Crippen molar-refractivity contribution in [2.24, 2.45) is 25.6 Å². The minimum atomic E-state index is -1.31. The van der Waals surface area contributed by atoms with E-state index >= 15 is 0 Å². The second kappa shape index (κ2) is 14.4. The number of carbonyl (C=O) groups is 3. The molecule has 0 saturated heterocycles. The van der Waals surface area contributed by atoms with Gasteiger partial charge in [0.15, 0.2) is 12.4 Å². The highest BCUT2D eigenvalue weighted by atomic mass is 16.5. The third kappa shape index (κ3) is 8.00. The van der Waals surface area contributed by atoms with Crippen LogP contribution in [-0.4, -0.2) is 40.3 Å². The summed E-state index contributed by atoms with van der Waals surface area (Å²) in [5.74, 6) is -2.58. The predicted octanol–water partition coefficient (Wildman–Crippen LogP) is 7.04. The number of hydrogen-bond donors (Lipinski definition) is 5. The minimum Gasteiger partial charge on any atom is -0.482 e. The summed E-state index contributed by atoms with van der Waals surface area (Å²) in [6.07, 6.45) is 3.82. The van der Waals surface area contributed by atoms with Crippen LogP contribution >= 0.6 is 0 Å². The molecule has 0 unspecified atom stereocenters. The molecule has 1 aliphatic carbocycles. The molecule has 0 amide bonds. The van der Waals surface area contributed by atoms with E-state index in [9.17, 15) is 14.4 Å². The number of nitrogen functional groups attached to an aromatic ring is 2. The van der Waals surface area contributed by atoms with Crippen molar-refractivity contribution >= 4 is 63.2 Å². The fourth-order valence-corrected chi connectivity index (χ4v) is 4.32. The largest absolute Gasteiger partial charge is 0.482 e. The van der Waals surface area contributed by atoms with Crippen molar-refractivity contribution in [2.75, 3.05) is 23.5 Å². The number of nitrogens with two attached hydrogens (primary N) is 2. The standard InChI is InChI=1S/C34H28N8O6/c1-19-16-28(32(36)33(31(19)35)42-39-24-10-13-26(14-11-24)48-18-30(44)45)41-38-23-8-4-21(5-9-23)20-2-6-22(7-3-20)37-40-25-12-15-29(43)27(17-25)34(46)47/h2-17,37H,18,35-36H2,1H3,(H,44,45)(H,46,47). The molecule has 0 atom stereocenters. The van der Waals surface area contributed by atoms with Crippen molar-refractivity contribution in [1.29, 1.82) is 0 Å². The molecule has 0 spiro atoms. The molecule has 0 heterocycles. The van der Waals surface area contributed by atoms with Crippen LogP contribution < -0.4 is 21.6 Å². The molecular formula is C34H28N8O6. The molecule has 240 valence electrons. The highest BCUT2D eigenvalue weighted by molar-refractivity contribution is 6.29. The average Bonchev–Trinajstić information content (AvgIpc) is 3.09. The van der Waals surface area contributed by atoms with Gasteiger partial charge >= 0.3 is 11.9 Å². The highest BCUT2D eigenvalue weighted by Gasteiger charge is 2.18. The molecule has 0 aliphatic heterocycles. The number of rotatable bonds is 11. The second-order valence-electron chi connectivity index (χ2n) is 10.3. The third-order valence-electron chi connectivity index (χ3n) is 6.90. The minimum absolute atomic E-state index is 0.203. The first-order valence-electron chi connectivity index (χ1n) is 14.3. The number of aliphatic carboxylic acids is 2. The van der Waals surface area contributed by atoms with Gasteiger partial charge in [0.2, 0.25) is 0 Å². The summed E-state index contributed by atoms with van der Waals surface area (Å²) in [7, 11) is 0. The fraction of sp³-hybridized carbons (Fsp3) is 0.0588. The number of carboxylic acids is 2. The van der Waals surface area contributed by atoms with Crippen LogP contribution in [0, 0.1) is 6.92 Å². The number of carboxylic acid groups (broad SMARTS) is 2. The van der Waals surface area contributed by atoms with Gasteiger partial charge in [-0.1, -0.05) is 24.3 Å². The number of hydrogen-bond acceptors (Lipinski definition) is 12. The van der Waals surface area contributed by atoms with E-state index in [-0.39, 0.29) is 16.9 Å². The van der Waals surface area contributed by atoms with Crippen LogP contribution in [0.25, 0.3) is 11.1 Å². The maximum atomic E-state index is 11.6. The Morgan fingerprint density at radius 1 is 0.792 bits per heavy atom. The molecule has 1 aliphatic rings. The SMILES string of the molecule is Cc1cc(N=Nc2ccc(-c3ccc(NN=C4C=CC(=O)C(C(=O)O)=C4)cc3)cc2)c(N)c(N=Nc2ccc(OCC(=O)O)cc2)c1N. The maximum Gasteiger partial charge on any atom is 0.341 e. The van der Waals surface area contributed by atoms with Gasteiger partial charge < -0.3 is 26.4 Å². The van der Waals surface area contributed by atoms with E-state index in [1.54, 1.807) is 37.3 Å². The molecular weight excluding hydrogens is 616 g/mol. The van der Waals surface area contributed by atoms with Crippen LogP contribution in [0.1, 0.15) is 5.56 Å². The molecule has 14 heteroatoms. The zero-order valence-electron chi connectivity index (χ0n) is 25.4. The summed E-state index contributed by atoms with van der Waals surface area (Å²) in [6, 6.07) is 22.9. The van der Waals surface area contributed by atoms with Crippen LogP contribution in [0.2, 0.25) is 0 Å². The Labute approximate surface area is 273 Å². The van der Waals surface area contributed by atoms with Crippen LogP contribution in [-0.2, 0) is 14.4 Å². The lowest BCUT2D eigenvalue weighted by atomic mass is 10.0. The van der Waals surface area contributed by atoms with Gasteiger partial charge in [0, 0.05) is 0 Å². The quantitative estimate of drug-likeness (QED) is 0.0370. The van der Waals surface area contributed by atoms with Gasteiger partial charge in [0.1, 0.15) is 22.7 Å². The molecule has 0 bridgehead atoms. The number of ether oxygens (including phenoxy) is 1. The van der Waals surface area contributed by atoms with Crippen molar-refractivity contribution in [3.05, 3.63) is 108 Å². The van der Waals surface area contributed by atoms with E-state index in [0.29, 0.717) is 45.5 Å². The van der Waals surface area contributed by atoms with Crippen molar-refractivity contribution in [3.8, 4) is 16.9 Å². The van der Waals surface area contributed by atoms with Gasteiger partial charge in [-0.25, -0.2) is 9.59 Å². The molecule has 0 saturated carbocycles. The number of nitrogens with one attached hydrogen (secondary N) is 1. The summed E-state index contributed by atoms with van der Waals surface area (Å²) in [4.78, 5) is 33.5. The first-order valence-corrected chi connectivity index (χ1v) is 14.3. The topological polar surface area (TPSA) is 227 Å². The average molecular weight is 645 g/mol. The van der Waals surface area contributed by atoms with Crippen molar-refractivity contribution in [1.82, 2.24) is 0 Å². The van der Waals surface area contributed by atoms with Crippen LogP contribution in [0.3, 0.4) is 0 Å². The number of nitrogens with zero attached hydrogens (tertiary/aromatic N) is 5. The van der Waals surface area contributed by atoms with E-state index in [1.807, 2.05) is 48.5 Å². The zero-order valence-corrected chi connectivity index (χ0v) is 25.4. The number of anilines is 3. The molecule has 0 aromatic heterocycles. The Morgan fingerprint density at radius 2 is 1.40 bits per heavy atom. The van der Waals surface area contributed by atoms with Gasteiger partial charge in [-0.3, -0.25) is 10.2 Å². The molecule has 0 fully saturated rings. The van der Waals surface area contributed by atoms with Crippen LogP contribution in [0.15, 0.2) is 128 Å². The van der Waals surface area contributed by atoms with E-state index < -0.39 is 24.3 Å². The second-order valence-corrected chi connectivity index (χ2v) is 10.3. The molecule has 14 nitrogen and oxygen atoms in total. The lowest BCUT2D eigenvalue weighted by molar-refractivity contribution is -0.139. The smallest absolute Gasteiger partial charge is 0.341 e. The predicted molar refractivity (Wildman–Crippen MR) is 181 cm³/mol. The van der Waals surface area contributed by atoms with Crippen molar-refractivity contribution < 1.29 is 29.3 Å². The van der Waals surface area contributed by atoms with Gasteiger partial charge in [-0.05, 0) is 96.4 Å². The van der Waals surface area contributed by atoms with Gasteiger partial charge in [0.05, 0.1) is 34.1 Å². The molecule has 4 aromatic rings. The lowest BCUT2D eigenvalue weighted by Crippen LogP contribution is -2.15. The Morgan fingerprint density at radius 3 is 2.02 bits per heavy atom. The normalized spacial score (nSPS) is 13.6. The van der Waals surface area contributed by atoms with Crippen LogP contribution in [0.4, 0.5) is 39.8 Å². The Hall–Kier alpha value is -6.96. The lowest BCUT2D eigenvalue weighted by Gasteiger charge is -2.09. The van der Waals surface area contributed by atoms with Gasteiger partial charge in [-0.15, -0.1) is 10.2 Å². The monoisotopic (exact) mass is 644 g/mol. The van der Waals surface area contributed by atoms with Gasteiger partial charge in [0.25, 0.3) is 0 Å². The van der Waals surface area contributed by atoms with E-state index in [0.717, 1.165) is 11.1 Å². The highest BCUT2D eigenvalue weighted by Crippen LogP contribution is 2.41. The number of carbonyl (C=O) groups excluding carboxylic acids is 1. The maximum absolute atomic E-state index is 11.6. The Kier molecular flexibility index (Phi) is 9.75. The summed E-state index contributed by atoms with van der Waals surface area (Å²) in [6.45, 7) is 1.34. The van der Waals surface area contributed by atoms with E-state index in [1.165, 1.54) is 18.2 Å². The van der Waals surface area contributed by atoms with E-state index in [4.69, 9.17) is 26.4 Å². The molecule has 4 aromatic carbocycles. The van der Waals surface area contributed by atoms with Crippen molar-refractivity contribution in [3.63, 3.8) is 0 Å². The number of allylic oxidation sites excluding steroid dienone is 3. The fourth-order valence-electron chi connectivity index (χ4n) is 4.32. The first-order chi connectivity index (χ1) is 23.1. The summed E-state index contributed by atoms with van der Waals surface area (Å²) >= 11 is 0. The summed E-state index contributed by atoms with van der Waals surface area (Å²) in [5.41, 5.74) is 20.9. The number of ketones is 1. The number of benzene rings is 4. The molecule has 5 rings (SSSR count). The Balaban J connectivity index is 1.25. The summed E-state index contributed by atoms with van der Waals surface area (Å²) in [5, 5.41) is 39.1. The zero-order chi connectivity index (χ0) is 34.2. The third-order valence-corrected chi connectivity index (χ3v) is 6.90. The molecule has 48 heavy (non-hydrogen) atoms. The molecule has 0 radical (unpaired) electrons. The van der Waals surface area contributed by atoms with Crippen molar-refractivity contribution in [2.45, 2.75) is 6.92 Å².